The van der Waals surface area contributed by atoms with E-state index < -0.39 is 0 Å². The summed E-state index contributed by atoms with van der Waals surface area (Å²) in [5, 5.41) is 1.12. The number of hydrogen-bond acceptors (Lipinski definition) is 3. The van der Waals surface area contributed by atoms with E-state index in [1.807, 2.05) is 6.92 Å². The van der Waals surface area contributed by atoms with Gasteiger partial charge in [0, 0.05) is 62.8 Å². The fourth-order valence-corrected chi connectivity index (χ4v) is 2.85. The maximum atomic E-state index is 7.98. The Balaban J connectivity index is 0.00000147. The number of nitrogens with zero attached hydrogens (tertiary/aromatic N) is 3. The number of anilines is 1. The number of aryl methyl sites for hydroxylation is 3. The summed E-state index contributed by atoms with van der Waals surface area (Å²) in [4.78, 5) is 14.7. The summed E-state index contributed by atoms with van der Waals surface area (Å²) in [5.41, 5.74) is 11.3. The van der Waals surface area contributed by atoms with Crippen LogP contribution in [-0.2, 0) is 0 Å². The topological polar surface area (TPSA) is 68.6 Å². The van der Waals surface area contributed by atoms with Gasteiger partial charge < -0.3 is 15.6 Å². The molecule has 5 nitrogen and oxygen atoms in total. The van der Waals surface area contributed by atoms with E-state index in [9.17, 15) is 0 Å². The molecule has 0 bridgehead atoms. The van der Waals surface area contributed by atoms with Gasteiger partial charge in [-0.3, -0.25) is 0 Å². The number of H-pyrrole nitrogens is 1. The first-order chi connectivity index (χ1) is 9.06. The van der Waals surface area contributed by atoms with Crippen molar-refractivity contribution in [3.63, 3.8) is 0 Å². The minimum absolute atomic E-state index is 0. The van der Waals surface area contributed by atoms with Gasteiger partial charge in [-0.15, -0.1) is 6.04 Å². The zero-order valence-corrected chi connectivity index (χ0v) is 17.1. The van der Waals surface area contributed by atoms with Crippen LogP contribution in [0.15, 0.2) is 0 Å². The predicted octanol–water partition coefficient (Wildman–Crippen LogP) is 2.90. The number of nitrogens with one attached hydrogen (secondary N) is 2. The third kappa shape index (κ3) is 2.88. The summed E-state index contributed by atoms with van der Waals surface area (Å²) in [7, 11) is 0. The summed E-state index contributed by atoms with van der Waals surface area (Å²) in [5.74, 6) is 1.79. The monoisotopic (exact) mass is 485 g/mol. The van der Waals surface area contributed by atoms with Crippen LogP contribution in [-0.4, -0.2) is 34.1 Å². The molecule has 0 amide bonds. The second kappa shape index (κ2) is 6.29. The summed E-state index contributed by atoms with van der Waals surface area (Å²) >= 11 is 0. The first-order valence-electron chi connectivity index (χ1n) is 6.86. The van der Waals surface area contributed by atoms with Gasteiger partial charge >= 0.3 is 0 Å². The van der Waals surface area contributed by atoms with Crippen LogP contribution in [0.4, 0.5) is 5.82 Å². The number of aromatic nitrogens is 3. The number of fused-ring (bicyclic) bond motifs is 1. The molecule has 1 aliphatic heterocycles. The van der Waals surface area contributed by atoms with Gasteiger partial charge in [0.2, 0.25) is 0 Å². The molecule has 0 spiro atoms. The Bertz CT molecular complexity index is 622. The SMILES string of the molecule is Cc1nc(N2CCCC([NH-])C2)c2c(C)c(C)[nH]c2n1.[Ac]. The predicted molar refractivity (Wildman–Crippen MR) is 77.7 cm³/mol. The van der Waals surface area contributed by atoms with E-state index in [4.69, 9.17) is 5.73 Å². The van der Waals surface area contributed by atoms with Crippen LogP contribution in [0.1, 0.15) is 29.9 Å². The van der Waals surface area contributed by atoms with Crippen LogP contribution >= 0.6 is 0 Å². The normalized spacial score (nSPS) is 19.2. The first-order valence-corrected chi connectivity index (χ1v) is 6.86. The molecule has 1 fully saturated rings. The molecule has 1 unspecified atom stereocenters. The number of rotatable bonds is 1. The molecule has 2 aromatic heterocycles. The van der Waals surface area contributed by atoms with Gasteiger partial charge in [-0.05, 0) is 32.8 Å². The van der Waals surface area contributed by atoms with Crippen molar-refractivity contribution in [2.45, 2.75) is 39.7 Å². The summed E-state index contributed by atoms with van der Waals surface area (Å²) < 4.78 is 0. The standard InChI is InChI=1S/C14H20N5.Ac/c1-8-9(2)16-13-12(8)14(18-10(3)17-13)19-6-4-5-11(15)7-19;/h11,15H,4-7H2,1-3H3,(H,16,17,18);/q-1;. The fourth-order valence-electron chi connectivity index (χ4n) is 2.85. The van der Waals surface area contributed by atoms with Crippen molar-refractivity contribution in [2.75, 3.05) is 18.0 Å². The molecule has 20 heavy (non-hydrogen) atoms. The van der Waals surface area contributed by atoms with Crippen LogP contribution in [0.25, 0.3) is 16.8 Å². The van der Waals surface area contributed by atoms with E-state index in [2.05, 4.69) is 33.7 Å². The number of hydrogen-bond donors (Lipinski definition) is 1. The van der Waals surface area contributed by atoms with Gasteiger partial charge in [-0.1, -0.05) is 6.42 Å². The van der Waals surface area contributed by atoms with Crippen LogP contribution in [0, 0.1) is 64.8 Å². The Hall–Kier alpha value is -0.178. The quantitative estimate of drug-likeness (QED) is 0.676. The molecular weight excluding hydrogens is 465 g/mol. The molecule has 2 aromatic rings. The molecule has 0 aromatic carbocycles. The summed E-state index contributed by atoms with van der Waals surface area (Å²) in [6.45, 7) is 7.87. The zero-order valence-electron chi connectivity index (χ0n) is 12.3. The summed E-state index contributed by atoms with van der Waals surface area (Å²) in [6, 6.07) is -0.000540. The molecule has 3 rings (SSSR count). The Morgan fingerprint density at radius 2 is 2.00 bits per heavy atom. The van der Waals surface area contributed by atoms with Crippen LogP contribution in [0.5, 0.6) is 0 Å². The first kappa shape index (κ1) is 16.2. The van der Waals surface area contributed by atoms with E-state index >= 15 is 0 Å². The number of piperidine rings is 1. The maximum absolute atomic E-state index is 7.98. The van der Waals surface area contributed by atoms with Gasteiger partial charge in [-0.2, -0.15) is 0 Å². The largest absolute Gasteiger partial charge is 0.673 e. The third-order valence-electron chi connectivity index (χ3n) is 3.97. The minimum Gasteiger partial charge on any atom is -0.673 e. The molecule has 0 aliphatic carbocycles. The van der Waals surface area contributed by atoms with E-state index in [1.165, 1.54) is 5.56 Å². The molecule has 2 N–H and O–H groups in total. The van der Waals surface area contributed by atoms with Crippen molar-refractivity contribution in [1.82, 2.24) is 15.0 Å². The van der Waals surface area contributed by atoms with Gasteiger partial charge in [0.25, 0.3) is 0 Å². The molecule has 1 saturated heterocycles. The van der Waals surface area contributed by atoms with Crippen molar-refractivity contribution in [3.05, 3.63) is 22.8 Å². The molecule has 3 heterocycles. The van der Waals surface area contributed by atoms with E-state index in [1.54, 1.807) is 0 Å². The van der Waals surface area contributed by atoms with Crippen LogP contribution in [0.3, 0.4) is 0 Å². The Kier molecular flexibility index (Phi) is 5.10. The van der Waals surface area contributed by atoms with Crippen molar-refractivity contribution < 1.29 is 44.1 Å². The molecule has 1 aliphatic rings. The fraction of sp³-hybridized carbons (Fsp3) is 0.571. The van der Waals surface area contributed by atoms with Gasteiger partial charge in [-0.25, -0.2) is 9.97 Å². The Labute approximate surface area is 155 Å². The molecule has 1 atom stereocenters. The second-order valence-corrected chi connectivity index (χ2v) is 5.48. The van der Waals surface area contributed by atoms with E-state index in [-0.39, 0.29) is 50.1 Å². The average Bonchev–Trinajstić information content (AvgIpc) is 2.64. The van der Waals surface area contributed by atoms with Crippen molar-refractivity contribution in [2.24, 2.45) is 0 Å². The van der Waals surface area contributed by atoms with Crippen molar-refractivity contribution >= 4 is 16.9 Å². The minimum atomic E-state index is -0.000540. The van der Waals surface area contributed by atoms with Gasteiger partial charge in [0.15, 0.2) is 0 Å². The number of aromatic amines is 1. The van der Waals surface area contributed by atoms with Gasteiger partial charge in [0.05, 0.1) is 5.39 Å². The van der Waals surface area contributed by atoms with Crippen molar-refractivity contribution in [3.8, 4) is 0 Å². The molecule has 1 radical (unpaired) electrons. The van der Waals surface area contributed by atoms with Crippen LogP contribution < -0.4 is 4.90 Å². The maximum Gasteiger partial charge on any atom is 0.143 e. The molecule has 6 heteroatoms. The third-order valence-corrected chi connectivity index (χ3v) is 3.97. The summed E-state index contributed by atoms with van der Waals surface area (Å²) in [6.07, 6.45) is 2.07. The van der Waals surface area contributed by atoms with E-state index in [0.717, 1.165) is 54.3 Å². The van der Waals surface area contributed by atoms with Crippen molar-refractivity contribution in [1.29, 1.82) is 0 Å². The Morgan fingerprint density at radius 1 is 1.25 bits per heavy atom. The molecule has 0 saturated carbocycles. The average molecular weight is 485 g/mol. The van der Waals surface area contributed by atoms with E-state index in [0.29, 0.717) is 0 Å². The van der Waals surface area contributed by atoms with Crippen LogP contribution in [0.2, 0.25) is 0 Å². The molecule has 105 valence electrons. The molecular formula is C14H20AcN5-. The Morgan fingerprint density at radius 3 is 2.70 bits per heavy atom. The smallest absolute Gasteiger partial charge is 0.143 e. The zero-order chi connectivity index (χ0) is 13.6. The second-order valence-electron chi connectivity index (χ2n) is 5.48. The van der Waals surface area contributed by atoms with Gasteiger partial charge in [0.1, 0.15) is 17.3 Å².